The van der Waals surface area contributed by atoms with Crippen molar-refractivity contribution < 1.29 is 9.32 Å². The van der Waals surface area contributed by atoms with Crippen molar-refractivity contribution in [3.63, 3.8) is 0 Å². The Hall–Kier alpha value is -2.51. The number of thiophene rings is 1. The van der Waals surface area contributed by atoms with Gasteiger partial charge in [0, 0.05) is 29.8 Å². The van der Waals surface area contributed by atoms with Crippen LogP contribution in [0, 0.1) is 0 Å². The topological polar surface area (TPSA) is 71.3 Å². The van der Waals surface area contributed by atoms with Crippen LogP contribution in [0.2, 0.25) is 0 Å². The first-order chi connectivity index (χ1) is 13.8. The molecule has 1 fully saturated rings. The van der Waals surface area contributed by atoms with Gasteiger partial charge in [0.05, 0.1) is 6.04 Å². The lowest BCUT2D eigenvalue weighted by Crippen LogP contribution is -2.36. The molecule has 0 radical (unpaired) electrons. The minimum absolute atomic E-state index is 0.0141. The molecule has 3 aromatic rings. The Balaban J connectivity index is 1.29. The van der Waals surface area contributed by atoms with E-state index >= 15 is 0 Å². The summed E-state index contributed by atoms with van der Waals surface area (Å²) in [6.45, 7) is 2.84. The fourth-order valence-corrected chi connectivity index (χ4v) is 4.38. The van der Waals surface area contributed by atoms with Crippen molar-refractivity contribution in [2.75, 3.05) is 19.6 Å². The molecule has 6 nitrogen and oxygen atoms in total. The first kappa shape index (κ1) is 18.8. The van der Waals surface area contributed by atoms with Crippen molar-refractivity contribution in [2.24, 2.45) is 0 Å². The molecule has 1 aromatic carbocycles. The van der Waals surface area contributed by atoms with Gasteiger partial charge in [0.2, 0.25) is 17.6 Å². The lowest BCUT2D eigenvalue weighted by Gasteiger charge is -2.26. The van der Waals surface area contributed by atoms with E-state index in [1.807, 2.05) is 30.3 Å². The van der Waals surface area contributed by atoms with Crippen LogP contribution in [0.25, 0.3) is 11.4 Å². The SMILES string of the molecule is O=C(CCc1nc(-c2ccccc2)no1)NCC(c1cccs1)N1CCCC1. The van der Waals surface area contributed by atoms with E-state index in [1.54, 1.807) is 11.3 Å². The molecule has 7 heteroatoms. The number of hydrogen-bond acceptors (Lipinski definition) is 6. The molecule has 2 aromatic heterocycles. The molecule has 146 valence electrons. The number of aromatic nitrogens is 2. The first-order valence-electron chi connectivity index (χ1n) is 9.72. The number of aryl methyl sites for hydroxylation is 1. The molecule has 1 amide bonds. The average Bonchev–Trinajstić information content (AvgIpc) is 3.50. The van der Waals surface area contributed by atoms with Crippen LogP contribution >= 0.6 is 11.3 Å². The fraction of sp³-hybridized carbons (Fsp3) is 0.381. The van der Waals surface area contributed by atoms with Gasteiger partial charge in [-0.15, -0.1) is 11.3 Å². The number of amides is 1. The van der Waals surface area contributed by atoms with E-state index in [-0.39, 0.29) is 11.9 Å². The van der Waals surface area contributed by atoms with E-state index in [1.165, 1.54) is 17.7 Å². The molecule has 1 N–H and O–H groups in total. The number of nitrogens with one attached hydrogen (secondary N) is 1. The third-order valence-electron chi connectivity index (χ3n) is 5.01. The Bertz CT molecular complexity index is 873. The molecule has 0 spiro atoms. The summed E-state index contributed by atoms with van der Waals surface area (Å²) in [5, 5.41) is 9.19. The first-order valence-corrected chi connectivity index (χ1v) is 10.6. The van der Waals surface area contributed by atoms with Gasteiger partial charge in [0.15, 0.2) is 0 Å². The molecule has 4 rings (SSSR count). The Morgan fingerprint density at radius 1 is 1.18 bits per heavy atom. The van der Waals surface area contributed by atoms with E-state index in [4.69, 9.17) is 4.52 Å². The van der Waals surface area contributed by atoms with Crippen molar-refractivity contribution in [3.8, 4) is 11.4 Å². The number of nitrogens with zero attached hydrogens (tertiary/aromatic N) is 3. The second-order valence-electron chi connectivity index (χ2n) is 6.96. The Labute approximate surface area is 168 Å². The molecule has 0 aliphatic carbocycles. The third-order valence-corrected chi connectivity index (χ3v) is 5.99. The number of rotatable bonds is 8. The molecule has 28 heavy (non-hydrogen) atoms. The van der Waals surface area contributed by atoms with Gasteiger partial charge in [-0.2, -0.15) is 4.98 Å². The van der Waals surface area contributed by atoms with Crippen LogP contribution in [0.1, 0.15) is 36.1 Å². The minimum atomic E-state index is 0.0141. The number of likely N-dealkylation sites (tertiary alicyclic amines) is 1. The van der Waals surface area contributed by atoms with Crippen molar-refractivity contribution >= 4 is 17.2 Å². The van der Waals surface area contributed by atoms with Crippen LogP contribution in [0.5, 0.6) is 0 Å². The zero-order valence-corrected chi connectivity index (χ0v) is 16.5. The zero-order chi connectivity index (χ0) is 19.2. The molecular weight excluding hydrogens is 372 g/mol. The van der Waals surface area contributed by atoms with Crippen LogP contribution in [-0.4, -0.2) is 40.6 Å². The molecule has 1 unspecified atom stereocenters. The van der Waals surface area contributed by atoms with Gasteiger partial charge in [-0.3, -0.25) is 9.69 Å². The highest BCUT2D eigenvalue weighted by Crippen LogP contribution is 2.27. The van der Waals surface area contributed by atoms with Gasteiger partial charge in [-0.1, -0.05) is 41.6 Å². The van der Waals surface area contributed by atoms with Gasteiger partial charge in [0.25, 0.3) is 0 Å². The number of carbonyl (C=O) groups excluding carboxylic acids is 1. The quantitative estimate of drug-likeness (QED) is 0.629. The van der Waals surface area contributed by atoms with E-state index < -0.39 is 0 Å². The largest absolute Gasteiger partial charge is 0.354 e. The van der Waals surface area contributed by atoms with Crippen molar-refractivity contribution in [1.82, 2.24) is 20.4 Å². The molecule has 1 aliphatic rings. The van der Waals surface area contributed by atoms with Crippen LogP contribution in [-0.2, 0) is 11.2 Å². The summed E-state index contributed by atoms with van der Waals surface area (Å²) in [5.74, 6) is 1.06. The summed E-state index contributed by atoms with van der Waals surface area (Å²) < 4.78 is 5.29. The van der Waals surface area contributed by atoms with E-state index in [0.29, 0.717) is 31.1 Å². The maximum atomic E-state index is 12.4. The molecule has 3 heterocycles. The lowest BCUT2D eigenvalue weighted by atomic mass is 10.2. The number of benzene rings is 1. The molecule has 1 atom stereocenters. The predicted octanol–water partition coefficient (Wildman–Crippen LogP) is 3.68. The maximum absolute atomic E-state index is 12.4. The summed E-state index contributed by atoms with van der Waals surface area (Å²) in [5.41, 5.74) is 0.909. The maximum Gasteiger partial charge on any atom is 0.227 e. The summed E-state index contributed by atoms with van der Waals surface area (Å²) in [6, 6.07) is 14.2. The Kier molecular flexibility index (Phi) is 6.14. The summed E-state index contributed by atoms with van der Waals surface area (Å²) in [6.07, 6.45) is 3.25. The molecular formula is C21H24N4O2S. The highest BCUT2D eigenvalue weighted by atomic mass is 32.1. The van der Waals surface area contributed by atoms with Gasteiger partial charge in [-0.05, 0) is 37.4 Å². The lowest BCUT2D eigenvalue weighted by molar-refractivity contribution is -0.121. The Morgan fingerprint density at radius 2 is 2.00 bits per heavy atom. The minimum Gasteiger partial charge on any atom is -0.354 e. The third kappa shape index (κ3) is 4.66. The normalized spacial score (nSPS) is 15.6. The predicted molar refractivity (Wildman–Crippen MR) is 109 cm³/mol. The van der Waals surface area contributed by atoms with E-state index in [9.17, 15) is 4.79 Å². The van der Waals surface area contributed by atoms with Crippen molar-refractivity contribution in [2.45, 2.75) is 31.7 Å². The van der Waals surface area contributed by atoms with E-state index in [0.717, 1.165) is 18.7 Å². The van der Waals surface area contributed by atoms with Crippen LogP contribution in [0.4, 0.5) is 0 Å². The number of hydrogen-bond donors (Lipinski definition) is 1. The average molecular weight is 397 g/mol. The van der Waals surface area contributed by atoms with Crippen molar-refractivity contribution in [3.05, 3.63) is 58.6 Å². The summed E-state index contributed by atoms with van der Waals surface area (Å²) in [7, 11) is 0. The molecule has 1 saturated heterocycles. The number of carbonyl (C=O) groups is 1. The summed E-state index contributed by atoms with van der Waals surface area (Å²) in [4.78, 5) is 20.5. The Morgan fingerprint density at radius 3 is 2.75 bits per heavy atom. The highest BCUT2D eigenvalue weighted by molar-refractivity contribution is 7.10. The van der Waals surface area contributed by atoms with Gasteiger partial charge < -0.3 is 9.84 Å². The monoisotopic (exact) mass is 396 g/mol. The van der Waals surface area contributed by atoms with Crippen LogP contribution < -0.4 is 5.32 Å². The zero-order valence-electron chi connectivity index (χ0n) is 15.7. The second-order valence-corrected chi connectivity index (χ2v) is 7.94. The molecule has 1 aliphatic heterocycles. The van der Waals surface area contributed by atoms with Gasteiger partial charge >= 0.3 is 0 Å². The summed E-state index contributed by atoms with van der Waals surface area (Å²) >= 11 is 1.75. The van der Waals surface area contributed by atoms with Gasteiger partial charge in [0.1, 0.15) is 0 Å². The van der Waals surface area contributed by atoms with Crippen LogP contribution in [0.15, 0.2) is 52.4 Å². The second kappa shape index (κ2) is 9.12. The highest BCUT2D eigenvalue weighted by Gasteiger charge is 2.24. The smallest absolute Gasteiger partial charge is 0.227 e. The van der Waals surface area contributed by atoms with E-state index in [2.05, 4.69) is 37.9 Å². The molecule has 0 bridgehead atoms. The fourth-order valence-electron chi connectivity index (χ4n) is 3.52. The van der Waals surface area contributed by atoms with Crippen molar-refractivity contribution in [1.29, 1.82) is 0 Å². The standard InChI is InChI=1S/C21H24N4O2S/c26-19(10-11-20-23-21(24-27-20)16-7-2-1-3-8-16)22-15-17(18-9-6-14-28-18)25-12-4-5-13-25/h1-3,6-9,14,17H,4-5,10-13,15H2,(H,22,26). The van der Waals surface area contributed by atoms with Crippen LogP contribution in [0.3, 0.4) is 0 Å². The molecule has 0 saturated carbocycles. The van der Waals surface area contributed by atoms with Gasteiger partial charge in [-0.25, -0.2) is 0 Å².